The van der Waals surface area contributed by atoms with Crippen LogP contribution in [0.2, 0.25) is 0 Å². The Morgan fingerprint density at radius 2 is 0.966 bits per heavy atom. The molecule has 0 unspecified atom stereocenters. The van der Waals surface area contributed by atoms with Gasteiger partial charge in [0.15, 0.2) is 11.6 Å². The van der Waals surface area contributed by atoms with E-state index in [-0.39, 0.29) is 0 Å². The van der Waals surface area contributed by atoms with Crippen LogP contribution in [0.5, 0.6) is 11.8 Å². The van der Waals surface area contributed by atoms with Crippen molar-refractivity contribution in [2.45, 2.75) is 6.03 Å². The quantitative estimate of drug-likeness (QED) is 0.520. The van der Waals surface area contributed by atoms with Gasteiger partial charge in [0.2, 0.25) is 0 Å². The van der Waals surface area contributed by atoms with Crippen molar-refractivity contribution in [1.29, 1.82) is 0 Å². The summed E-state index contributed by atoms with van der Waals surface area (Å²) in [5.74, 6) is 1.83. The second kappa shape index (κ2) is 5.90. The van der Waals surface area contributed by atoms with Crippen LogP contribution in [0, 0.1) is 0 Å². The van der Waals surface area contributed by atoms with Crippen molar-refractivity contribution < 1.29 is 9.47 Å². The Bertz CT molecular complexity index is 1090. The minimum absolute atomic E-state index is 0.308. The lowest BCUT2D eigenvalue weighted by Gasteiger charge is -2.37. The largest absolute Gasteiger partial charge is 0.449 e. The molecule has 0 saturated carbocycles. The molecule has 140 valence electrons. The van der Waals surface area contributed by atoms with Crippen LogP contribution >= 0.6 is 0 Å². The Morgan fingerprint density at radius 1 is 0.552 bits per heavy atom. The molecule has 4 heterocycles. The Hall–Kier alpha value is -4.20. The molecule has 0 atom stereocenters. The molecule has 1 spiro atoms. The topological polar surface area (TPSA) is 76.5 Å². The van der Waals surface area contributed by atoms with E-state index in [2.05, 4.69) is 19.9 Å². The van der Waals surface area contributed by atoms with Crippen molar-refractivity contribution in [3.8, 4) is 11.8 Å². The van der Waals surface area contributed by atoms with E-state index in [1.807, 2.05) is 70.5 Å². The maximum absolute atomic E-state index is 6.35. The fourth-order valence-electron chi connectivity index (χ4n) is 3.64. The number of para-hydroxylation sites is 2. The molecule has 0 amide bonds. The highest BCUT2D eigenvalue weighted by atomic mass is 16.8. The molecule has 0 fully saturated rings. The summed E-state index contributed by atoms with van der Waals surface area (Å²) >= 11 is 0. The van der Waals surface area contributed by atoms with Crippen LogP contribution < -0.4 is 19.3 Å². The number of aromatic nitrogens is 4. The summed E-state index contributed by atoms with van der Waals surface area (Å²) in [6.45, 7) is 0. The van der Waals surface area contributed by atoms with Gasteiger partial charge in [-0.3, -0.25) is 0 Å². The molecular weight excluding hydrogens is 368 g/mol. The van der Waals surface area contributed by atoms with Gasteiger partial charge in [-0.2, -0.15) is 0 Å². The molecule has 2 aromatic heterocycles. The summed E-state index contributed by atoms with van der Waals surface area (Å²) in [5, 5.41) is 0. The molecule has 0 saturated heterocycles. The standard InChI is InChI=1S/C21H14N6O2/c1-3-7-15(8-4-1)26-17-18(23-12-11-22-17)27(16-9-5-2-6-10-16)21(26)28-19-20(29-21)25-14-13-24-19/h1-14H. The predicted molar refractivity (Wildman–Crippen MR) is 105 cm³/mol. The number of benzene rings is 2. The molecule has 0 aliphatic carbocycles. The third-order valence-corrected chi connectivity index (χ3v) is 4.77. The van der Waals surface area contributed by atoms with Crippen LogP contribution in [-0.4, -0.2) is 26.0 Å². The summed E-state index contributed by atoms with van der Waals surface area (Å²) in [6.07, 6.45) is 6.43. The van der Waals surface area contributed by atoms with Crippen molar-refractivity contribution in [3.63, 3.8) is 0 Å². The van der Waals surface area contributed by atoms with Gasteiger partial charge in [0.05, 0.1) is 11.4 Å². The van der Waals surface area contributed by atoms with Gasteiger partial charge in [-0.05, 0) is 24.3 Å². The number of hydrogen-bond donors (Lipinski definition) is 0. The number of hydrogen-bond acceptors (Lipinski definition) is 8. The van der Waals surface area contributed by atoms with Crippen molar-refractivity contribution >= 4 is 23.0 Å². The summed E-state index contributed by atoms with van der Waals surface area (Å²) in [7, 11) is 0. The first-order valence-corrected chi connectivity index (χ1v) is 9.07. The van der Waals surface area contributed by atoms with Crippen molar-refractivity contribution in [2.75, 3.05) is 9.80 Å². The Labute approximate surface area is 166 Å². The zero-order valence-corrected chi connectivity index (χ0v) is 15.1. The zero-order chi connectivity index (χ0) is 19.3. The van der Waals surface area contributed by atoms with E-state index in [9.17, 15) is 0 Å². The normalized spacial score (nSPS) is 15.6. The Kier molecular flexibility index (Phi) is 3.22. The van der Waals surface area contributed by atoms with E-state index in [1.54, 1.807) is 24.8 Å². The maximum Gasteiger partial charge on any atom is 0.449 e. The van der Waals surface area contributed by atoms with Gasteiger partial charge >= 0.3 is 6.03 Å². The van der Waals surface area contributed by atoms with Gasteiger partial charge in [-0.25, -0.2) is 29.7 Å². The van der Waals surface area contributed by atoms with E-state index in [0.29, 0.717) is 23.4 Å². The highest BCUT2D eigenvalue weighted by molar-refractivity contribution is 5.84. The van der Waals surface area contributed by atoms with Crippen LogP contribution in [0.15, 0.2) is 85.5 Å². The Balaban J connectivity index is 1.63. The van der Waals surface area contributed by atoms with Gasteiger partial charge in [-0.15, -0.1) is 0 Å². The average Bonchev–Trinajstić information content (AvgIpc) is 3.29. The van der Waals surface area contributed by atoms with Crippen molar-refractivity contribution in [1.82, 2.24) is 19.9 Å². The lowest BCUT2D eigenvalue weighted by atomic mass is 10.3. The van der Waals surface area contributed by atoms with Crippen molar-refractivity contribution in [2.24, 2.45) is 0 Å². The minimum Gasteiger partial charge on any atom is -0.393 e. The number of rotatable bonds is 2. The second-order valence-electron chi connectivity index (χ2n) is 6.46. The molecule has 2 aromatic carbocycles. The predicted octanol–water partition coefficient (Wildman–Crippen LogP) is 3.64. The monoisotopic (exact) mass is 382 g/mol. The second-order valence-corrected chi connectivity index (χ2v) is 6.46. The van der Waals surface area contributed by atoms with Crippen LogP contribution in [-0.2, 0) is 0 Å². The van der Waals surface area contributed by atoms with Gasteiger partial charge in [-0.1, -0.05) is 36.4 Å². The zero-order valence-electron chi connectivity index (χ0n) is 15.1. The third kappa shape index (κ3) is 2.19. The SMILES string of the molecule is c1ccc(N2c3nccnc3N(c3ccccc3)C23Oc2nccnc2O3)cc1. The molecule has 29 heavy (non-hydrogen) atoms. The summed E-state index contributed by atoms with van der Waals surface area (Å²) in [5.41, 5.74) is 1.67. The smallest absolute Gasteiger partial charge is 0.393 e. The first-order valence-electron chi connectivity index (χ1n) is 9.07. The van der Waals surface area contributed by atoms with Gasteiger partial charge < -0.3 is 9.47 Å². The molecule has 4 aromatic rings. The van der Waals surface area contributed by atoms with Gasteiger partial charge in [0, 0.05) is 24.8 Å². The van der Waals surface area contributed by atoms with E-state index in [1.165, 1.54) is 0 Å². The minimum atomic E-state index is -1.43. The van der Waals surface area contributed by atoms with Crippen LogP contribution in [0.3, 0.4) is 0 Å². The number of ether oxygens (including phenoxy) is 2. The van der Waals surface area contributed by atoms with E-state index < -0.39 is 6.03 Å². The number of fused-ring (bicyclic) bond motifs is 2. The molecular formula is C21H14N6O2. The van der Waals surface area contributed by atoms with Gasteiger partial charge in [0.1, 0.15) is 0 Å². The van der Waals surface area contributed by atoms with Crippen molar-refractivity contribution in [3.05, 3.63) is 85.5 Å². The summed E-state index contributed by atoms with van der Waals surface area (Å²) in [4.78, 5) is 21.5. The molecule has 2 aliphatic rings. The molecule has 6 rings (SSSR count). The fourth-order valence-corrected chi connectivity index (χ4v) is 3.64. The molecule has 8 heteroatoms. The fraction of sp³-hybridized carbons (Fsp3) is 0.0476. The first kappa shape index (κ1) is 15.8. The average molecular weight is 382 g/mol. The first-order chi connectivity index (χ1) is 14.4. The van der Waals surface area contributed by atoms with Crippen LogP contribution in [0.1, 0.15) is 0 Å². The summed E-state index contributed by atoms with van der Waals surface area (Å²) < 4.78 is 12.7. The van der Waals surface area contributed by atoms with E-state index >= 15 is 0 Å². The number of anilines is 4. The highest BCUT2D eigenvalue weighted by Gasteiger charge is 2.62. The molecule has 0 bridgehead atoms. The molecule has 8 nitrogen and oxygen atoms in total. The summed E-state index contributed by atoms with van der Waals surface area (Å²) in [6, 6.07) is 18.1. The van der Waals surface area contributed by atoms with Crippen LogP contribution in [0.25, 0.3) is 0 Å². The van der Waals surface area contributed by atoms with Gasteiger partial charge in [0.25, 0.3) is 11.8 Å². The lowest BCUT2D eigenvalue weighted by molar-refractivity contribution is -0.0628. The van der Waals surface area contributed by atoms with E-state index in [0.717, 1.165) is 11.4 Å². The lowest BCUT2D eigenvalue weighted by Crippen LogP contribution is -2.60. The molecule has 0 N–H and O–H groups in total. The third-order valence-electron chi connectivity index (χ3n) is 4.77. The molecule has 2 aliphatic heterocycles. The highest BCUT2D eigenvalue weighted by Crippen LogP contribution is 2.54. The Morgan fingerprint density at radius 3 is 1.41 bits per heavy atom. The molecule has 0 radical (unpaired) electrons. The van der Waals surface area contributed by atoms with Crippen LogP contribution in [0.4, 0.5) is 23.0 Å². The van der Waals surface area contributed by atoms with E-state index in [4.69, 9.17) is 9.47 Å². The number of nitrogens with zero attached hydrogens (tertiary/aromatic N) is 6. The maximum atomic E-state index is 6.35.